The molecule has 0 atom stereocenters. The highest BCUT2D eigenvalue weighted by atomic mass is 35.5. The second kappa shape index (κ2) is 8.45. The summed E-state index contributed by atoms with van der Waals surface area (Å²) >= 11 is 5.99. The third-order valence-corrected chi connectivity index (χ3v) is 4.63. The number of carbonyl (C=O) groups is 3. The summed E-state index contributed by atoms with van der Waals surface area (Å²) in [6.45, 7) is 4.76. The number of pyridine rings is 1. The maximum atomic E-state index is 12.6. The van der Waals surface area contributed by atoms with Gasteiger partial charge in [-0.15, -0.1) is 0 Å². The standard InChI is InChI=1S/C21H19ClN2O5/c1-4-28-21(27)18-11(2)19(23-12(18)3)16(25)10-29-20(26)14-9-17(22)24-15-8-6-5-7-13(14)15/h5-9,23H,4,10H2,1-3H3. The van der Waals surface area contributed by atoms with Gasteiger partial charge in [0.1, 0.15) is 5.15 Å². The molecule has 0 unspecified atom stereocenters. The zero-order chi connectivity index (χ0) is 21.1. The molecule has 3 rings (SSSR count). The SMILES string of the molecule is CCOC(=O)c1c(C)[nH]c(C(=O)COC(=O)c2cc(Cl)nc3ccccc23)c1C. The molecule has 0 aliphatic heterocycles. The van der Waals surface area contributed by atoms with Gasteiger partial charge in [0.05, 0.1) is 28.9 Å². The lowest BCUT2D eigenvalue weighted by Crippen LogP contribution is -2.16. The number of nitrogens with zero attached hydrogens (tertiary/aromatic N) is 1. The number of ether oxygens (including phenoxy) is 2. The third kappa shape index (κ3) is 4.14. The average Bonchev–Trinajstić information content (AvgIpc) is 2.99. The van der Waals surface area contributed by atoms with E-state index in [4.69, 9.17) is 21.1 Å². The van der Waals surface area contributed by atoms with Crippen LogP contribution in [0.4, 0.5) is 0 Å². The molecule has 0 fully saturated rings. The Morgan fingerprint density at radius 2 is 1.83 bits per heavy atom. The van der Waals surface area contributed by atoms with Crippen molar-refractivity contribution in [2.75, 3.05) is 13.2 Å². The highest BCUT2D eigenvalue weighted by molar-refractivity contribution is 6.30. The fraction of sp³-hybridized carbons (Fsp3) is 0.238. The Labute approximate surface area is 172 Å². The monoisotopic (exact) mass is 414 g/mol. The molecule has 7 nitrogen and oxygen atoms in total. The number of esters is 2. The van der Waals surface area contributed by atoms with E-state index >= 15 is 0 Å². The number of para-hydroxylation sites is 1. The van der Waals surface area contributed by atoms with Crippen molar-refractivity contribution in [2.24, 2.45) is 0 Å². The molecule has 2 aromatic heterocycles. The van der Waals surface area contributed by atoms with Crippen molar-refractivity contribution in [2.45, 2.75) is 20.8 Å². The number of nitrogens with one attached hydrogen (secondary N) is 1. The van der Waals surface area contributed by atoms with Crippen molar-refractivity contribution in [1.29, 1.82) is 0 Å². The van der Waals surface area contributed by atoms with E-state index in [0.29, 0.717) is 27.7 Å². The predicted molar refractivity (Wildman–Crippen MR) is 108 cm³/mol. The molecule has 0 radical (unpaired) electrons. The fourth-order valence-corrected chi connectivity index (χ4v) is 3.33. The molecule has 0 spiro atoms. The van der Waals surface area contributed by atoms with Crippen LogP contribution in [-0.2, 0) is 9.47 Å². The molecule has 1 N–H and O–H groups in total. The first-order valence-electron chi connectivity index (χ1n) is 8.95. The lowest BCUT2D eigenvalue weighted by Gasteiger charge is -2.08. The second-order valence-electron chi connectivity index (χ2n) is 6.35. The highest BCUT2D eigenvalue weighted by Gasteiger charge is 2.24. The minimum absolute atomic E-state index is 0.150. The maximum absolute atomic E-state index is 12.6. The molecular formula is C21H19ClN2O5. The Hall–Kier alpha value is -3.19. The minimum Gasteiger partial charge on any atom is -0.462 e. The van der Waals surface area contributed by atoms with Crippen molar-refractivity contribution in [3.05, 3.63) is 63.6 Å². The number of hydrogen-bond donors (Lipinski definition) is 1. The van der Waals surface area contributed by atoms with Crippen LogP contribution in [0.3, 0.4) is 0 Å². The number of hydrogen-bond acceptors (Lipinski definition) is 6. The van der Waals surface area contributed by atoms with Crippen LogP contribution in [0.2, 0.25) is 5.15 Å². The molecule has 29 heavy (non-hydrogen) atoms. The van der Waals surface area contributed by atoms with Crippen LogP contribution < -0.4 is 0 Å². The van der Waals surface area contributed by atoms with E-state index in [-0.39, 0.29) is 23.0 Å². The number of aromatic nitrogens is 2. The number of rotatable bonds is 6. The molecule has 0 amide bonds. The summed E-state index contributed by atoms with van der Waals surface area (Å²) in [5, 5.41) is 0.725. The smallest absolute Gasteiger partial charge is 0.340 e. The molecule has 0 saturated carbocycles. The van der Waals surface area contributed by atoms with Crippen molar-refractivity contribution in [3.63, 3.8) is 0 Å². The van der Waals surface area contributed by atoms with E-state index in [2.05, 4.69) is 9.97 Å². The van der Waals surface area contributed by atoms with E-state index in [1.807, 2.05) is 0 Å². The maximum Gasteiger partial charge on any atom is 0.340 e. The Morgan fingerprint density at radius 3 is 2.55 bits per heavy atom. The summed E-state index contributed by atoms with van der Waals surface area (Å²) in [6, 6.07) is 8.40. The van der Waals surface area contributed by atoms with Gasteiger partial charge >= 0.3 is 11.9 Å². The van der Waals surface area contributed by atoms with Crippen molar-refractivity contribution >= 4 is 40.2 Å². The molecule has 0 aliphatic carbocycles. The molecule has 0 aliphatic rings. The normalized spacial score (nSPS) is 10.8. The topological polar surface area (TPSA) is 98.4 Å². The van der Waals surface area contributed by atoms with Crippen LogP contribution in [0.15, 0.2) is 30.3 Å². The van der Waals surface area contributed by atoms with E-state index in [0.717, 1.165) is 0 Å². The number of H-pyrrole nitrogens is 1. The first kappa shape index (κ1) is 20.5. The number of aromatic amines is 1. The van der Waals surface area contributed by atoms with Crippen LogP contribution in [0, 0.1) is 13.8 Å². The summed E-state index contributed by atoms with van der Waals surface area (Å²) < 4.78 is 10.2. The van der Waals surface area contributed by atoms with E-state index in [1.54, 1.807) is 45.0 Å². The Kier molecular flexibility index (Phi) is 5.98. The van der Waals surface area contributed by atoms with Gasteiger partial charge in [0.15, 0.2) is 6.61 Å². The van der Waals surface area contributed by atoms with Gasteiger partial charge < -0.3 is 14.5 Å². The highest BCUT2D eigenvalue weighted by Crippen LogP contribution is 2.22. The van der Waals surface area contributed by atoms with Gasteiger partial charge in [-0.3, -0.25) is 4.79 Å². The number of benzene rings is 1. The van der Waals surface area contributed by atoms with E-state index < -0.39 is 24.3 Å². The molecule has 8 heteroatoms. The van der Waals surface area contributed by atoms with Gasteiger partial charge in [-0.2, -0.15) is 0 Å². The Morgan fingerprint density at radius 1 is 1.10 bits per heavy atom. The minimum atomic E-state index is -0.689. The van der Waals surface area contributed by atoms with Crippen LogP contribution in [-0.4, -0.2) is 40.9 Å². The van der Waals surface area contributed by atoms with Crippen molar-refractivity contribution in [1.82, 2.24) is 9.97 Å². The summed E-state index contributed by atoms with van der Waals surface area (Å²) in [6.07, 6.45) is 0. The van der Waals surface area contributed by atoms with Crippen molar-refractivity contribution in [3.8, 4) is 0 Å². The molecule has 3 aromatic rings. The first-order valence-corrected chi connectivity index (χ1v) is 9.33. The van der Waals surface area contributed by atoms with E-state index in [1.165, 1.54) is 6.07 Å². The predicted octanol–water partition coefficient (Wildman–Crippen LogP) is 4.05. The summed E-state index contributed by atoms with van der Waals surface area (Å²) in [5.41, 5.74) is 2.26. The second-order valence-corrected chi connectivity index (χ2v) is 6.74. The fourth-order valence-electron chi connectivity index (χ4n) is 3.13. The number of halogens is 1. The van der Waals surface area contributed by atoms with Crippen molar-refractivity contribution < 1.29 is 23.9 Å². The molecule has 0 saturated heterocycles. The van der Waals surface area contributed by atoms with Crippen LogP contribution in [0.1, 0.15) is 49.4 Å². The van der Waals surface area contributed by atoms with Gasteiger partial charge in [0, 0.05) is 11.1 Å². The number of Topliss-reactive ketones (excluding diaryl/α,β-unsaturated/α-hetero) is 1. The van der Waals surface area contributed by atoms with Gasteiger partial charge in [0.25, 0.3) is 0 Å². The van der Waals surface area contributed by atoms with Crippen LogP contribution in [0.5, 0.6) is 0 Å². The molecule has 0 bridgehead atoms. The number of carbonyl (C=O) groups excluding carboxylic acids is 3. The Bertz CT molecular complexity index is 1120. The zero-order valence-corrected chi connectivity index (χ0v) is 16.9. The lowest BCUT2D eigenvalue weighted by atomic mass is 10.1. The van der Waals surface area contributed by atoms with Crippen LogP contribution in [0.25, 0.3) is 10.9 Å². The third-order valence-electron chi connectivity index (χ3n) is 4.44. The van der Waals surface area contributed by atoms with Gasteiger partial charge in [-0.25, -0.2) is 14.6 Å². The Balaban J connectivity index is 1.79. The lowest BCUT2D eigenvalue weighted by molar-refractivity contribution is 0.0474. The van der Waals surface area contributed by atoms with Gasteiger partial charge in [0.2, 0.25) is 5.78 Å². The summed E-state index contributed by atoms with van der Waals surface area (Å²) in [5.74, 6) is -1.66. The zero-order valence-electron chi connectivity index (χ0n) is 16.2. The quantitative estimate of drug-likeness (QED) is 0.371. The molecule has 2 heterocycles. The number of aryl methyl sites for hydroxylation is 1. The number of fused-ring (bicyclic) bond motifs is 1. The summed E-state index contributed by atoms with van der Waals surface area (Å²) in [4.78, 5) is 44.2. The largest absolute Gasteiger partial charge is 0.462 e. The molecular weight excluding hydrogens is 396 g/mol. The van der Waals surface area contributed by atoms with Gasteiger partial charge in [-0.1, -0.05) is 29.8 Å². The molecule has 1 aromatic carbocycles. The van der Waals surface area contributed by atoms with E-state index in [9.17, 15) is 14.4 Å². The van der Waals surface area contributed by atoms with Gasteiger partial charge in [-0.05, 0) is 38.5 Å². The summed E-state index contributed by atoms with van der Waals surface area (Å²) in [7, 11) is 0. The van der Waals surface area contributed by atoms with Crippen LogP contribution >= 0.6 is 11.6 Å². The number of ketones is 1. The molecule has 150 valence electrons. The first-order chi connectivity index (χ1) is 13.8. The average molecular weight is 415 g/mol.